The molecule has 3 aliphatic rings. The van der Waals surface area contributed by atoms with Crippen LogP contribution < -0.4 is 37.7 Å². The first-order valence-corrected chi connectivity index (χ1v) is 49.7. The average molecular weight is 2020 g/mol. The molecule has 43 nitrogen and oxygen atoms in total. The van der Waals surface area contributed by atoms with E-state index < -0.39 is 67.1 Å². The van der Waals surface area contributed by atoms with Crippen LogP contribution in [0.15, 0.2) is 109 Å². The number of hydrogen-bond donors (Lipinski definition) is 11. The van der Waals surface area contributed by atoms with Crippen molar-refractivity contribution < 1.29 is 120 Å². The highest BCUT2D eigenvalue weighted by atomic mass is 31.2. The molecule has 0 spiro atoms. The summed E-state index contributed by atoms with van der Waals surface area (Å²) in [5, 5.41) is 42.8. The summed E-state index contributed by atoms with van der Waals surface area (Å²) in [6.45, 7) is 13.9. The fourth-order valence-electron chi connectivity index (χ4n) is 16.7. The number of aromatic hydroxyl groups is 3. The number of carbonyl (C=O) groups is 12. The number of nitrogen functional groups attached to an aromatic ring is 3. The summed E-state index contributed by atoms with van der Waals surface area (Å²) in [7, 11) is -4.70. The molecule has 15 rings (SSSR count). The topological polar surface area (TPSA) is 604 Å². The molecule has 6 aromatic carbocycles. The number of phosphoric acid groups is 1. The van der Waals surface area contributed by atoms with Crippen LogP contribution in [-0.4, -0.2) is 214 Å². The molecule has 3 saturated heterocycles. The van der Waals surface area contributed by atoms with Gasteiger partial charge in [-0.1, -0.05) is 94.6 Å². The highest BCUT2D eigenvalue weighted by Gasteiger charge is 2.36. The molecule has 14 N–H and O–H groups in total. The van der Waals surface area contributed by atoms with Gasteiger partial charge < -0.3 is 95.4 Å². The van der Waals surface area contributed by atoms with Crippen molar-refractivity contribution in [3.63, 3.8) is 0 Å². The fraction of sp³-hybridized carbons (Fsp3) is 0.406. The van der Waals surface area contributed by atoms with Crippen LogP contribution in [0.5, 0.6) is 23.0 Å². The number of nitrogens with two attached hydrogens (primary N) is 3. The molecule has 3 aliphatic heterocycles. The molecule has 6 aromatic heterocycles. The molecule has 3 fully saturated rings. The highest BCUT2D eigenvalue weighted by molar-refractivity contribution is 7.46. The minimum Gasteiger partial charge on any atom is -0.508 e. The summed E-state index contributed by atoms with van der Waals surface area (Å²) in [6.07, 6.45) is 8.59. The minimum atomic E-state index is -4.70. The number of aromatic nitrogens is 9. The van der Waals surface area contributed by atoms with Crippen molar-refractivity contribution in [1.82, 2.24) is 74.7 Å². The lowest BCUT2D eigenvalue weighted by molar-refractivity contribution is -0.197. The number of pyridine rings is 3. The van der Waals surface area contributed by atoms with Gasteiger partial charge in [-0.2, -0.15) is 0 Å². The van der Waals surface area contributed by atoms with Crippen LogP contribution in [0.2, 0.25) is 0 Å². The van der Waals surface area contributed by atoms with Crippen molar-refractivity contribution in [3.8, 4) is 23.0 Å². The number of fused-ring (bicyclic) bond motifs is 9. The number of phenolic OH excluding ortho intramolecular Hbond substituents is 3. The van der Waals surface area contributed by atoms with Gasteiger partial charge in [0.05, 0.1) is 98.5 Å². The number of aryl methyl sites for hydroxylation is 5. The summed E-state index contributed by atoms with van der Waals surface area (Å²) in [5.41, 5.74) is 32.7. The molecule has 0 saturated carbocycles. The molecule has 0 aliphatic carbocycles. The van der Waals surface area contributed by atoms with Crippen LogP contribution >= 0.6 is 7.82 Å². The molecule has 0 unspecified atom stereocenters. The predicted octanol–water partition coefficient (Wildman–Crippen LogP) is 10.1. The second kappa shape index (κ2) is 50.2. The van der Waals surface area contributed by atoms with E-state index in [4.69, 9.17) is 65.4 Å². The minimum absolute atomic E-state index is 0.00291. The first kappa shape index (κ1) is 107. The molecule has 145 heavy (non-hydrogen) atoms. The molecule has 0 bridgehead atoms. The normalized spacial score (nSPS) is 13.2. The number of anilines is 3. The van der Waals surface area contributed by atoms with Gasteiger partial charge in [0.15, 0.2) is 29.0 Å². The zero-order chi connectivity index (χ0) is 104. The number of nitrogens with zero attached hydrogens (tertiary/aromatic N) is 12. The number of hydrogen-bond acceptors (Lipinski definition) is 32. The first-order valence-electron chi connectivity index (χ1n) is 48.2. The Balaban J connectivity index is 0.000000182. The molecular weight excluding hydrogens is 1900 g/mol. The number of phosphoric ester groups is 1. The number of imide groups is 3. The Morgan fingerprint density at radius 3 is 1.05 bits per heavy atom. The van der Waals surface area contributed by atoms with E-state index in [-0.39, 0.29) is 158 Å². The van der Waals surface area contributed by atoms with Crippen LogP contribution in [0.3, 0.4) is 0 Å². The SMILES string of the molecule is CCCCc1nc2c(N)nc3ccc(CCOCCNC(=O)CCC(=O)ON4C(=O)CCC4=O)cc3c2n1Cc1ccc(O)c(C)c1.CCCCc1nc2c(N)nc3ccc(CCOCCNC(=O)CCC(=O)ON4C(=O)CCC4=O)cc3c2n1Cc1ccc(OP(=O)(O)O)c(C)c1.CCCCc1nc2c(N)nc3ccc(CCOCCNC(=O)CCC(=O)ON4C(=O)CCC4=O)cc3c2n1Cc1cccc(O)c1O. The fourth-order valence-corrected chi connectivity index (χ4v) is 17.1. The Bertz CT molecular complexity index is 6890. The Kier molecular flexibility index (Phi) is 37.1. The molecule has 0 radical (unpaired) electrons. The van der Waals surface area contributed by atoms with Gasteiger partial charge in [0, 0.05) is 131 Å². The number of ether oxygens (including phenoxy) is 3. The van der Waals surface area contributed by atoms with Crippen molar-refractivity contribution in [2.45, 2.75) is 208 Å². The lowest BCUT2D eigenvalue weighted by atomic mass is 10.1. The van der Waals surface area contributed by atoms with Gasteiger partial charge in [0.25, 0.3) is 35.4 Å². The van der Waals surface area contributed by atoms with Crippen LogP contribution in [0.4, 0.5) is 17.5 Å². The van der Waals surface area contributed by atoms with Gasteiger partial charge in [0.1, 0.15) is 45.5 Å². The number of nitrogens with one attached hydrogen (secondary N) is 3. The summed E-state index contributed by atoms with van der Waals surface area (Å²) in [6, 6.07) is 33.5. The zero-order valence-corrected chi connectivity index (χ0v) is 82.2. The number of rotatable bonds is 47. The maximum Gasteiger partial charge on any atom is 0.524 e. The van der Waals surface area contributed by atoms with Gasteiger partial charge in [-0.15, -0.1) is 15.2 Å². The number of carbonyl (C=O) groups excluding carboxylic acids is 12. The molecular formula is C101H119N18O25P. The summed E-state index contributed by atoms with van der Waals surface area (Å²) < 4.78 is 39.8. The van der Waals surface area contributed by atoms with E-state index in [1.807, 2.05) is 78.2 Å². The molecule has 12 aromatic rings. The number of amides is 9. The maximum absolute atomic E-state index is 12.1. The molecule has 44 heteroatoms. The maximum atomic E-state index is 12.1. The van der Waals surface area contributed by atoms with Gasteiger partial charge >= 0.3 is 25.7 Å². The number of unbranched alkanes of at least 4 members (excludes halogenated alkanes) is 3. The van der Waals surface area contributed by atoms with Crippen molar-refractivity contribution in [1.29, 1.82) is 0 Å². The number of para-hydroxylation sites is 1. The Morgan fingerprint density at radius 1 is 0.386 bits per heavy atom. The van der Waals surface area contributed by atoms with Crippen LogP contribution in [-0.2, 0) is 149 Å². The van der Waals surface area contributed by atoms with Crippen molar-refractivity contribution in [2.75, 3.05) is 76.5 Å². The predicted molar refractivity (Wildman–Crippen MR) is 530 cm³/mol. The smallest absolute Gasteiger partial charge is 0.508 e. The summed E-state index contributed by atoms with van der Waals surface area (Å²) in [5.74, 6) is -3.42. The van der Waals surface area contributed by atoms with E-state index in [2.05, 4.69) is 66.9 Å². The van der Waals surface area contributed by atoms with E-state index >= 15 is 0 Å². The van der Waals surface area contributed by atoms with Gasteiger partial charge in [-0.25, -0.2) is 48.9 Å². The molecule has 9 heterocycles. The quantitative estimate of drug-likeness (QED) is 0.00731. The third kappa shape index (κ3) is 28.5. The second-order valence-electron chi connectivity index (χ2n) is 35.2. The van der Waals surface area contributed by atoms with Crippen molar-refractivity contribution >= 4 is 162 Å². The van der Waals surface area contributed by atoms with E-state index in [0.29, 0.717) is 130 Å². The molecule has 9 amide bonds. The lowest BCUT2D eigenvalue weighted by Crippen LogP contribution is -2.33. The Hall–Kier alpha value is -15.2. The third-order valence-corrected chi connectivity index (χ3v) is 24.6. The van der Waals surface area contributed by atoms with E-state index in [9.17, 15) is 87.2 Å². The molecule has 0 atom stereocenters. The largest absolute Gasteiger partial charge is 0.524 e. The van der Waals surface area contributed by atoms with Crippen LogP contribution in [0, 0.1) is 13.8 Å². The standard InChI is InChI=1S/C34H41N6O10P.C34H40N6O7.C33H38N6O8/c1-3-4-5-27-38-32-33(39(27)20-23-7-9-26(21(2)18-23)50-51(45,46)47)24-19-22(6-8-25(24)37-34(32)35)14-16-48-17-15-36-28(41)10-13-31(44)49-40-29(42)11-12-30(40)43;1-3-4-5-27-38-32-33(39(27)20-23-7-9-26(41)21(2)18-23)24-19-22(6-8-25(24)37-34(32)35)14-16-46-17-15-36-28(42)10-13-31(45)47-40-29(43)11-12-30(40)44;1-2-3-7-25-37-30-31(38(25)19-21-5-4-6-24(40)32(21)45)22-18-20(8-9-23(22)36-33(30)34)14-16-46-17-15-35-26(41)10-13-29(44)47-39-27(42)11-12-28(39)43/h6-9,18-19H,3-5,10-17,20H2,1-2H3,(H2,35,37)(H,36,41)(H2,45,46,47);6-9,18-19,41H,3-5,10-17,20H2,1-2H3,(H2,35,37)(H,36,42);4-6,8-9,18,40,45H,2-3,7,10-17,19H2,1H3,(H2,34,36)(H,35,41). The number of benzene rings is 6. The van der Waals surface area contributed by atoms with E-state index in [0.717, 1.165) is 140 Å². The number of hydroxylamine groups is 6. The van der Waals surface area contributed by atoms with E-state index in [1.165, 1.54) is 6.07 Å². The number of imidazole rings is 3. The van der Waals surface area contributed by atoms with Gasteiger partial charge in [-0.3, -0.25) is 52.9 Å². The third-order valence-electron chi connectivity index (χ3n) is 24.2. The number of phenols is 3. The van der Waals surface area contributed by atoms with Gasteiger partial charge in [0.2, 0.25) is 17.7 Å². The Labute approximate surface area is 832 Å². The molecule has 768 valence electrons. The van der Waals surface area contributed by atoms with E-state index in [1.54, 1.807) is 37.3 Å². The van der Waals surface area contributed by atoms with Crippen LogP contribution in [0.25, 0.3) is 65.8 Å². The summed E-state index contributed by atoms with van der Waals surface area (Å²) >= 11 is 0. The van der Waals surface area contributed by atoms with Crippen molar-refractivity contribution in [2.24, 2.45) is 0 Å². The monoisotopic (exact) mass is 2010 g/mol. The average Bonchev–Trinajstić information content (AvgIpc) is 1.61. The highest BCUT2D eigenvalue weighted by Crippen LogP contribution is 2.41. The van der Waals surface area contributed by atoms with Crippen LogP contribution in [0.1, 0.15) is 198 Å². The second-order valence-corrected chi connectivity index (χ2v) is 36.3. The Morgan fingerprint density at radius 2 is 0.717 bits per heavy atom. The summed E-state index contributed by atoms with van der Waals surface area (Å²) in [4.78, 5) is 203. The first-order chi connectivity index (χ1) is 69.6. The van der Waals surface area contributed by atoms with Crippen molar-refractivity contribution in [3.05, 3.63) is 171 Å². The lowest BCUT2D eigenvalue weighted by Gasteiger charge is -2.14. The zero-order valence-electron chi connectivity index (χ0n) is 81.3. The van der Waals surface area contributed by atoms with Gasteiger partial charge in [-0.05, 0) is 146 Å².